The summed E-state index contributed by atoms with van der Waals surface area (Å²) in [6, 6.07) is 6.52. The van der Waals surface area contributed by atoms with Crippen LogP contribution in [0.15, 0.2) is 24.8 Å². The zero-order valence-corrected chi connectivity index (χ0v) is 9.12. The summed E-state index contributed by atoms with van der Waals surface area (Å²) in [5.41, 5.74) is 9.68. The average molecular weight is 203 g/mol. The molecule has 0 bridgehead atoms. The van der Waals surface area contributed by atoms with Crippen LogP contribution in [0.2, 0.25) is 0 Å². The Kier molecular flexibility index (Phi) is 2.78. The molecule has 0 saturated carbocycles. The van der Waals surface area contributed by atoms with Gasteiger partial charge in [-0.2, -0.15) is 0 Å². The molecule has 2 rings (SSSR count). The molecule has 1 aliphatic carbocycles. The highest BCUT2D eigenvalue weighted by molar-refractivity contribution is 5.59. The Hall–Kier alpha value is -1.28. The lowest BCUT2D eigenvalue weighted by Crippen LogP contribution is -2.05. The third-order valence-corrected chi connectivity index (χ3v) is 2.91. The predicted octanol–water partition coefficient (Wildman–Crippen LogP) is 2.64. The third-order valence-electron chi connectivity index (χ3n) is 2.91. The summed E-state index contributed by atoms with van der Waals surface area (Å²) in [6.07, 6.45) is 2.13. The molecule has 1 aromatic carbocycles. The van der Waals surface area contributed by atoms with Crippen LogP contribution in [0.4, 0.5) is 0 Å². The second-order valence-corrected chi connectivity index (χ2v) is 3.91. The van der Waals surface area contributed by atoms with E-state index < -0.39 is 0 Å². The van der Waals surface area contributed by atoms with Crippen LogP contribution in [0.3, 0.4) is 0 Å². The Morgan fingerprint density at radius 3 is 3.13 bits per heavy atom. The summed E-state index contributed by atoms with van der Waals surface area (Å²) < 4.78 is 5.39. The summed E-state index contributed by atoms with van der Waals surface area (Å²) in [4.78, 5) is 0. The largest absolute Gasteiger partial charge is 0.494 e. The maximum atomic E-state index is 5.98. The highest BCUT2D eigenvalue weighted by Crippen LogP contribution is 2.31. The molecule has 15 heavy (non-hydrogen) atoms. The summed E-state index contributed by atoms with van der Waals surface area (Å²) in [6.45, 7) is 6.53. The van der Waals surface area contributed by atoms with Gasteiger partial charge in [-0.25, -0.2) is 0 Å². The van der Waals surface area contributed by atoms with Crippen molar-refractivity contribution in [3.05, 3.63) is 41.5 Å². The smallest absolute Gasteiger partial charge is 0.119 e. The van der Waals surface area contributed by atoms with Crippen LogP contribution in [-0.4, -0.2) is 6.61 Å². The minimum Gasteiger partial charge on any atom is -0.494 e. The number of fused-ring (bicyclic) bond motifs is 1. The average Bonchev–Trinajstić information content (AvgIpc) is 2.60. The highest BCUT2D eigenvalue weighted by atomic mass is 16.5. The molecule has 0 radical (unpaired) electrons. The first-order valence-corrected chi connectivity index (χ1v) is 5.43. The molecular formula is C13H17NO. The van der Waals surface area contributed by atoms with Gasteiger partial charge in [0.15, 0.2) is 0 Å². The Morgan fingerprint density at radius 1 is 1.60 bits per heavy atom. The monoisotopic (exact) mass is 203 g/mol. The van der Waals surface area contributed by atoms with Crippen molar-refractivity contribution in [2.45, 2.75) is 25.8 Å². The minimum atomic E-state index is 0.217. The zero-order valence-electron chi connectivity index (χ0n) is 9.12. The molecule has 0 fully saturated rings. The van der Waals surface area contributed by atoms with E-state index in [0.717, 1.165) is 24.2 Å². The fraction of sp³-hybridized carbons (Fsp3) is 0.385. The van der Waals surface area contributed by atoms with Gasteiger partial charge in [-0.1, -0.05) is 18.7 Å². The van der Waals surface area contributed by atoms with Crippen LogP contribution in [0.25, 0.3) is 5.76 Å². The van der Waals surface area contributed by atoms with Crippen LogP contribution in [0, 0.1) is 0 Å². The fourth-order valence-corrected chi connectivity index (χ4v) is 2.08. The lowest BCUT2D eigenvalue weighted by Gasteiger charge is -2.09. The summed E-state index contributed by atoms with van der Waals surface area (Å²) in [5.74, 6) is 0.751. The summed E-state index contributed by atoms with van der Waals surface area (Å²) >= 11 is 0. The third kappa shape index (κ3) is 1.90. The number of aryl methyl sites for hydroxylation is 1. The quantitative estimate of drug-likeness (QED) is 0.766. The van der Waals surface area contributed by atoms with E-state index in [1.54, 1.807) is 0 Å². The van der Waals surface area contributed by atoms with E-state index in [4.69, 9.17) is 10.5 Å². The van der Waals surface area contributed by atoms with Crippen LogP contribution in [0.5, 0.6) is 0 Å². The van der Waals surface area contributed by atoms with E-state index in [1.165, 1.54) is 11.1 Å². The van der Waals surface area contributed by atoms with Gasteiger partial charge in [0.05, 0.1) is 6.61 Å². The second kappa shape index (κ2) is 4.07. The molecule has 1 aromatic rings. The van der Waals surface area contributed by atoms with E-state index in [2.05, 4.69) is 18.7 Å². The van der Waals surface area contributed by atoms with Crippen LogP contribution in [-0.2, 0) is 11.2 Å². The van der Waals surface area contributed by atoms with Gasteiger partial charge in [-0.15, -0.1) is 0 Å². The molecule has 1 atom stereocenters. The lowest BCUT2D eigenvalue weighted by atomic mass is 10.0. The van der Waals surface area contributed by atoms with Crippen LogP contribution >= 0.6 is 0 Å². The van der Waals surface area contributed by atoms with Gasteiger partial charge in [-0.3, -0.25) is 0 Å². The van der Waals surface area contributed by atoms with Gasteiger partial charge < -0.3 is 10.5 Å². The minimum absolute atomic E-state index is 0.217. The van der Waals surface area contributed by atoms with Gasteiger partial charge in [0.25, 0.3) is 0 Å². The zero-order chi connectivity index (χ0) is 10.8. The van der Waals surface area contributed by atoms with E-state index in [-0.39, 0.29) is 6.04 Å². The summed E-state index contributed by atoms with van der Waals surface area (Å²) in [5, 5.41) is 0. The number of hydrogen-bond donors (Lipinski definition) is 1. The molecule has 0 saturated heterocycles. The normalized spacial score (nSPS) is 18.7. The fourth-order valence-electron chi connectivity index (χ4n) is 2.08. The molecule has 0 aliphatic heterocycles. The van der Waals surface area contributed by atoms with Gasteiger partial charge in [0.1, 0.15) is 5.76 Å². The van der Waals surface area contributed by atoms with Gasteiger partial charge in [-0.05, 0) is 37.0 Å². The molecular weight excluding hydrogens is 186 g/mol. The van der Waals surface area contributed by atoms with E-state index in [9.17, 15) is 0 Å². The van der Waals surface area contributed by atoms with Crippen molar-refractivity contribution in [2.24, 2.45) is 5.73 Å². The van der Waals surface area contributed by atoms with E-state index >= 15 is 0 Å². The predicted molar refractivity (Wildman–Crippen MR) is 62.4 cm³/mol. The molecule has 2 N–H and O–H groups in total. The second-order valence-electron chi connectivity index (χ2n) is 3.91. The van der Waals surface area contributed by atoms with E-state index in [1.807, 2.05) is 13.0 Å². The van der Waals surface area contributed by atoms with Gasteiger partial charge >= 0.3 is 0 Å². The molecule has 2 nitrogen and oxygen atoms in total. The standard InChI is InChI=1S/C13H17NO/c1-3-15-9(2)10-4-6-12-11(8-10)5-7-13(12)14/h4,6,8,13H,2-3,5,7,14H2,1H3. The molecule has 1 unspecified atom stereocenters. The molecule has 80 valence electrons. The maximum Gasteiger partial charge on any atom is 0.119 e. The summed E-state index contributed by atoms with van der Waals surface area (Å²) in [7, 11) is 0. The SMILES string of the molecule is C=C(OCC)c1ccc2c(c1)CCC2N. The topological polar surface area (TPSA) is 35.2 Å². The lowest BCUT2D eigenvalue weighted by molar-refractivity contribution is 0.299. The highest BCUT2D eigenvalue weighted by Gasteiger charge is 2.19. The molecule has 0 heterocycles. The number of rotatable bonds is 3. The molecule has 0 amide bonds. The van der Waals surface area contributed by atoms with Crippen LogP contribution < -0.4 is 5.73 Å². The van der Waals surface area contributed by atoms with Crippen molar-refractivity contribution in [1.82, 2.24) is 0 Å². The molecule has 2 heteroatoms. The first-order chi connectivity index (χ1) is 7.22. The molecule has 0 spiro atoms. The Labute approximate surface area is 90.7 Å². The first kappa shape index (κ1) is 10.2. The number of hydrogen-bond acceptors (Lipinski definition) is 2. The van der Waals surface area contributed by atoms with Crippen molar-refractivity contribution in [2.75, 3.05) is 6.61 Å². The van der Waals surface area contributed by atoms with E-state index in [0.29, 0.717) is 6.61 Å². The molecule has 1 aliphatic rings. The number of ether oxygens (including phenoxy) is 1. The number of nitrogens with two attached hydrogens (primary N) is 1. The Morgan fingerprint density at radius 2 is 2.40 bits per heavy atom. The maximum absolute atomic E-state index is 5.98. The Balaban J connectivity index is 2.27. The van der Waals surface area contributed by atoms with Gasteiger partial charge in [0.2, 0.25) is 0 Å². The van der Waals surface area contributed by atoms with Gasteiger partial charge in [0, 0.05) is 11.6 Å². The van der Waals surface area contributed by atoms with Crippen molar-refractivity contribution >= 4 is 5.76 Å². The first-order valence-electron chi connectivity index (χ1n) is 5.43. The number of benzene rings is 1. The van der Waals surface area contributed by atoms with Crippen molar-refractivity contribution in [3.8, 4) is 0 Å². The van der Waals surface area contributed by atoms with Crippen molar-refractivity contribution in [1.29, 1.82) is 0 Å². The van der Waals surface area contributed by atoms with Crippen LogP contribution in [0.1, 0.15) is 36.1 Å². The van der Waals surface area contributed by atoms with Crippen molar-refractivity contribution in [3.63, 3.8) is 0 Å². The van der Waals surface area contributed by atoms with Crippen molar-refractivity contribution < 1.29 is 4.74 Å². The Bertz CT molecular complexity index is 384. The molecule has 0 aromatic heterocycles.